The van der Waals surface area contributed by atoms with Crippen molar-refractivity contribution in [3.8, 4) is 11.1 Å². The molecule has 33 heavy (non-hydrogen) atoms. The van der Waals surface area contributed by atoms with Gasteiger partial charge in [0.2, 0.25) is 11.9 Å². The Morgan fingerprint density at radius 1 is 1.15 bits per heavy atom. The molecule has 0 saturated carbocycles. The Balaban J connectivity index is 1.44. The Morgan fingerprint density at radius 2 is 1.94 bits per heavy atom. The van der Waals surface area contributed by atoms with E-state index >= 15 is 0 Å². The van der Waals surface area contributed by atoms with Crippen LogP contribution in [0, 0.1) is 11.8 Å². The van der Waals surface area contributed by atoms with Crippen molar-refractivity contribution in [1.82, 2.24) is 15.3 Å². The molecule has 7 nitrogen and oxygen atoms in total. The number of aliphatic hydroxyl groups is 1. The number of rotatable bonds is 5. The van der Waals surface area contributed by atoms with Gasteiger partial charge in [0.05, 0.1) is 11.3 Å². The predicted octanol–water partition coefficient (Wildman–Crippen LogP) is 3.65. The van der Waals surface area contributed by atoms with Gasteiger partial charge < -0.3 is 15.3 Å². The van der Waals surface area contributed by atoms with E-state index in [1.807, 2.05) is 6.07 Å². The number of thiophene rings is 1. The number of hydrogen-bond donors (Lipinski definition) is 3. The van der Waals surface area contributed by atoms with Gasteiger partial charge in [0.1, 0.15) is 10.6 Å². The van der Waals surface area contributed by atoms with Crippen LogP contribution in [0.5, 0.6) is 0 Å². The predicted molar refractivity (Wildman–Crippen MR) is 132 cm³/mol. The summed E-state index contributed by atoms with van der Waals surface area (Å²) in [7, 11) is 0. The minimum atomic E-state index is -0.0348. The summed E-state index contributed by atoms with van der Waals surface area (Å²) < 4.78 is 0. The van der Waals surface area contributed by atoms with Crippen molar-refractivity contribution in [2.75, 3.05) is 29.9 Å². The Hall–Kier alpha value is -2.55. The molecule has 8 heteroatoms. The SMILES string of the molecule is O=C(Nc1nc(N2C3CCC2CC(CO)C3)c2c(-c3ccccc3)csc2n1)C1CCNC1. The van der Waals surface area contributed by atoms with Crippen LogP contribution in [-0.4, -0.2) is 52.8 Å². The van der Waals surface area contributed by atoms with Gasteiger partial charge in [-0.15, -0.1) is 11.3 Å². The minimum Gasteiger partial charge on any atom is -0.396 e. The highest BCUT2D eigenvalue weighted by Gasteiger charge is 2.42. The summed E-state index contributed by atoms with van der Waals surface area (Å²) in [6.45, 7) is 1.83. The lowest BCUT2D eigenvalue weighted by Crippen LogP contribution is -2.44. The third-order valence-corrected chi connectivity index (χ3v) is 8.37. The first-order valence-electron chi connectivity index (χ1n) is 12.0. The van der Waals surface area contributed by atoms with Gasteiger partial charge in [0.25, 0.3) is 0 Å². The highest BCUT2D eigenvalue weighted by atomic mass is 32.1. The quantitative estimate of drug-likeness (QED) is 0.535. The van der Waals surface area contributed by atoms with E-state index in [0.717, 1.165) is 65.8 Å². The summed E-state index contributed by atoms with van der Waals surface area (Å²) in [5.74, 6) is 1.66. The summed E-state index contributed by atoms with van der Waals surface area (Å²) in [5, 5.41) is 19.3. The molecule has 5 heterocycles. The fourth-order valence-electron chi connectivity index (χ4n) is 5.87. The van der Waals surface area contributed by atoms with Crippen molar-refractivity contribution in [3.05, 3.63) is 35.7 Å². The maximum absolute atomic E-state index is 12.8. The van der Waals surface area contributed by atoms with Crippen molar-refractivity contribution in [2.24, 2.45) is 11.8 Å². The minimum absolute atomic E-state index is 0.00732. The number of hydrogen-bond acceptors (Lipinski definition) is 7. The topological polar surface area (TPSA) is 90.4 Å². The third-order valence-electron chi connectivity index (χ3n) is 7.50. The van der Waals surface area contributed by atoms with Gasteiger partial charge in [0.15, 0.2) is 0 Å². The van der Waals surface area contributed by atoms with E-state index in [1.165, 1.54) is 0 Å². The van der Waals surface area contributed by atoms with E-state index in [2.05, 4.69) is 45.2 Å². The number of nitrogens with one attached hydrogen (secondary N) is 2. The zero-order chi connectivity index (χ0) is 22.4. The van der Waals surface area contributed by atoms with Crippen molar-refractivity contribution in [1.29, 1.82) is 0 Å². The third kappa shape index (κ3) is 3.80. The molecule has 0 spiro atoms. The lowest BCUT2D eigenvalue weighted by molar-refractivity contribution is -0.119. The summed E-state index contributed by atoms with van der Waals surface area (Å²) in [4.78, 5) is 26.0. The molecule has 3 aliphatic rings. The zero-order valence-electron chi connectivity index (χ0n) is 18.5. The summed E-state index contributed by atoms with van der Waals surface area (Å²) >= 11 is 1.61. The molecule has 172 valence electrons. The van der Waals surface area contributed by atoms with E-state index in [1.54, 1.807) is 11.3 Å². The van der Waals surface area contributed by atoms with Gasteiger partial charge in [-0.1, -0.05) is 30.3 Å². The van der Waals surface area contributed by atoms with Crippen LogP contribution in [0.4, 0.5) is 11.8 Å². The molecule has 0 aliphatic carbocycles. The second kappa shape index (κ2) is 8.66. The molecule has 3 aromatic rings. The van der Waals surface area contributed by atoms with E-state index in [9.17, 15) is 9.90 Å². The Morgan fingerprint density at radius 3 is 2.64 bits per heavy atom. The first kappa shape index (κ1) is 21.0. The van der Waals surface area contributed by atoms with Crippen molar-refractivity contribution in [2.45, 2.75) is 44.2 Å². The molecule has 3 atom stereocenters. The van der Waals surface area contributed by atoms with E-state index < -0.39 is 0 Å². The lowest BCUT2D eigenvalue weighted by atomic mass is 9.91. The largest absolute Gasteiger partial charge is 0.396 e. The molecule has 0 radical (unpaired) electrons. The van der Waals surface area contributed by atoms with Crippen LogP contribution in [0.1, 0.15) is 32.1 Å². The second-order valence-corrected chi connectivity index (χ2v) is 10.4. The maximum Gasteiger partial charge on any atom is 0.232 e. The first-order chi connectivity index (χ1) is 16.2. The Labute approximate surface area is 197 Å². The summed E-state index contributed by atoms with van der Waals surface area (Å²) in [5.41, 5.74) is 2.30. The van der Waals surface area contributed by atoms with Gasteiger partial charge in [-0.2, -0.15) is 4.98 Å². The molecule has 1 aromatic carbocycles. The highest BCUT2D eigenvalue weighted by molar-refractivity contribution is 7.17. The number of fused-ring (bicyclic) bond motifs is 3. The Bertz CT molecular complexity index is 1150. The number of aromatic nitrogens is 2. The van der Waals surface area contributed by atoms with Gasteiger partial charge in [-0.25, -0.2) is 4.98 Å². The van der Waals surface area contributed by atoms with E-state index in [-0.39, 0.29) is 18.4 Å². The fraction of sp³-hybridized carbons (Fsp3) is 0.480. The molecule has 3 saturated heterocycles. The number of anilines is 2. The Kier molecular flexibility index (Phi) is 5.52. The average molecular weight is 464 g/mol. The number of amides is 1. The van der Waals surface area contributed by atoms with Crippen LogP contribution in [0.25, 0.3) is 21.3 Å². The van der Waals surface area contributed by atoms with Crippen LogP contribution in [0.15, 0.2) is 35.7 Å². The van der Waals surface area contributed by atoms with Crippen LogP contribution in [-0.2, 0) is 4.79 Å². The van der Waals surface area contributed by atoms with Gasteiger partial charge in [-0.3, -0.25) is 10.1 Å². The maximum atomic E-state index is 12.8. The van der Waals surface area contributed by atoms with Crippen LogP contribution >= 0.6 is 11.3 Å². The number of piperidine rings is 1. The summed E-state index contributed by atoms with van der Waals surface area (Å²) in [6.07, 6.45) is 5.05. The van der Waals surface area contributed by atoms with Crippen LogP contribution < -0.4 is 15.5 Å². The number of carbonyl (C=O) groups is 1. The molecular weight excluding hydrogens is 434 g/mol. The molecule has 2 bridgehead atoms. The molecule has 3 aliphatic heterocycles. The molecular formula is C25H29N5O2S. The average Bonchev–Trinajstić information content (AvgIpc) is 3.57. The second-order valence-electron chi connectivity index (χ2n) is 9.56. The monoisotopic (exact) mass is 463 g/mol. The van der Waals surface area contributed by atoms with E-state index in [0.29, 0.717) is 30.5 Å². The van der Waals surface area contributed by atoms with Crippen LogP contribution in [0.3, 0.4) is 0 Å². The van der Waals surface area contributed by atoms with E-state index in [4.69, 9.17) is 9.97 Å². The van der Waals surface area contributed by atoms with Gasteiger partial charge in [0, 0.05) is 36.2 Å². The smallest absolute Gasteiger partial charge is 0.232 e. The highest BCUT2D eigenvalue weighted by Crippen LogP contribution is 2.46. The number of benzene rings is 1. The van der Waals surface area contributed by atoms with Crippen molar-refractivity contribution in [3.63, 3.8) is 0 Å². The normalized spacial score (nSPS) is 26.8. The van der Waals surface area contributed by atoms with Crippen molar-refractivity contribution < 1.29 is 9.90 Å². The number of aliphatic hydroxyl groups excluding tert-OH is 1. The molecule has 3 fully saturated rings. The standard InChI is InChI=1S/C25H29N5O2S/c31-13-15-10-18-6-7-19(11-15)30(18)22-21-20(16-4-2-1-3-5-16)14-33-24(21)29-25(27-22)28-23(32)17-8-9-26-12-17/h1-5,14-15,17-19,26,31H,6-13H2,(H,27,28,29,32). The van der Waals surface area contributed by atoms with Gasteiger partial charge >= 0.3 is 0 Å². The van der Waals surface area contributed by atoms with Crippen LogP contribution in [0.2, 0.25) is 0 Å². The molecule has 6 rings (SSSR count). The zero-order valence-corrected chi connectivity index (χ0v) is 19.4. The molecule has 1 amide bonds. The molecule has 2 aromatic heterocycles. The number of nitrogens with zero attached hydrogens (tertiary/aromatic N) is 3. The molecule has 3 unspecified atom stereocenters. The van der Waals surface area contributed by atoms with Crippen molar-refractivity contribution >= 4 is 39.2 Å². The first-order valence-corrected chi connectivity index (χ1v) is 12.8. The summed E-state index contributed by atoms with van der Waals surface area (Å²) in [6, 6.07) is 11.1. The lowest BCUT2D eigenvalue weighted by Gasteiger charge is -2.39. The number of carbonyl (C=O) groups excluding carboxylic acids is 1. The fourth-order valence-corrected chi connectivity index (χ4v) is 6.81. The molecule has 3 N–H and O–H groups in total. The van der Waals surface area contributed by atoms with Gasteiger partial charge in [-0.05, 0) is 50.1 Å².